The van der Waals surface area contributed by atoms with Gasteiger partial charge in [0.2, 0.25) is 0 Å². The lowest BCUT2D eigenvalue weighted by Crippen LogP contribution is -2.50. The molecule has 0 aliphatic rings. The van der Waals surface area contributed by atoms with Crippen molar-refractivity contribution < 1.29 is 30.3 Å². The highest BCUT2D eigenvalue weighted by atomic mass is 16.5. The van der Waals surface area contributed by atoms with Gasteiger partial charge in [-0.25, -0.2) is 0 Å². The molecule has 0 radical (unpaired) electrons. The van der Waals surface area contributed by atoms with E-state index in [4.69, 9.17) is 9.84 Å². The Labute approximate surface area is 142 Å². The summed E-state index contributed by atoms with van der Waals surface area (Å²) in [5.74, 6) is 0. The molecule has 1 rings (SSSR count). The van der Waals surface area contributed by atoms with Crippen molar-refractivity contribution in [3.63, 3.8) is 0 Å². The number of ether oxygens (including phenoxy) is 1. The van der Waals surface area contributed by atoms with Crippen LogP contribution in [0.2, 0.25) is 0 Å². The summed E-state index contributed by atoms with van der Waals surface area (Å²) in [6.45, 7) is 7.10. The molecule has 0 aliphatic heterocycles. The van der Waals surface area contributed by atoms with Gasteiger partial charge in [-0.05, 0) is 37.0 Å². The van der Waals surface area contributed by atoms with E-state index in [1.807, 2.05) is 32.0 Å². The Morgan fingerprint density at radius 3 is 2.25 bits per heavy atom. The van der Waals surface area contributed by atoms with Gasteiger partial charge in [-0.3, -0.25) is 0 Å². The lowest BCUT2D eigenvalue weighted by atomic mass is 9.97. The van der Waals surface area contributed by atoms with Crippen molar-refractivity contribution in [2.24, 2.45) is 0 Å². The van der Waals surface area contributed by atoms with E-state index in [0.29, 0.717) is 0 Å². The van der Waals surface area contributed by atoms with Gasteiger partial charge in [0.1, 0.15) is 24.4 Å². The highest BCUT2D eigenvalue weighted by Crippen LogP contribution is 2.17. The van der Waals surface area contributed by atoms with Gasteiger partial charge in [-0.1, -0.05) is 24.3 Å². The molecule has 6 nitrogen and oxygen atoms in total. The van der Waals surface area contributed by atoms with Crippen LogP contribution in [0.3, 0.4) is 0 Å². The minimum atomic E-state index is -1.68. The van der Waals surface area contributed by atoms with E-state index in [-0.39, 0.29) is 13.0 Å². The van der Waals surface area contributed by atoms with Crippen LogP contribution in [0.4, 0.5) is 0 Å². The molecule has 0 fully saturated rings. The number of aryl methyl sites for hydroxylation is 2. The molecule has 1 aromatic rings. The summed E-state index contributed by atoms with van der Waals surface area (Å²) in [6, 6.07) is 5.87. The smallest absolute Gasteiger partial charge is 0.111 e. The summed E-state index contributed by atoms with van der Waals surface area (Å²) in [5, 5.41) is 48.1. The van der Waals surface area contributed by atoms with Crippen molar-refractivity contribution >= 4 is 0 Å². The first-order valence-corrected chi connectivity index (χ1v) is 7.93. The normalized spacial score (nSPS) is 17.8. The maximum atomic E-state index is 10.2. The molecular weight excluding hydrogens is 312 g/mol. The molecule has 5 unspecified atom stereocenters. The highest BCUT2D eigenvalue weighted by Gasteiger charge is 2.34. The molecule has 0 aliphatic carbocycles. The third-order valence-electron chi connectivity index (χ3n) is 4.10. The van der Waals surface area contributed by atoms with Gasteiger partial charge in [-0.2, -0.15) is 0 Å². The molecule has 5 N–H and O–H groups in total. The van der Waals surface area contributed by atoms with E-state index in [1.54, 1.807) is 0 Å². The summed E-state index contributed by atoms with van der Waals surface area (Å²) in [7, 11) is 0. The molecule has 0 spiro atoms. The average Bonchev–Trinajstić information content (AvgIpc) is 2.58. The fourth-order valence-corrected chi connectivity index (χ4v) is 2.32. The van der Waals surface area contributed by atoms with Crippen LogP contribution < -0.4 is 0 Å². The van der Waals surface area contributed by atoms with Crippen LogP contribution in [0, 0.1) is 13.8 Å². The Morgan fingerprint density at radius 2 is 1.71 bits per heavy atom. The molecule has 136 valence electrons. The van der Waals surface area contributed by atoms with Gasteiger partial charge < -0.3 is 30.3 Å². The van der Waals surface area contributed by atoms with Crippen LogP contribution in [0.5, 0.6) is 0 Å². The molecule has 0 aromatic heterocycles. The monoisotopic (exact) mass is 340 g/mol. The van der Waals surface area contributed by atoms with E-state index in [0.717, 1.165) is 16.7 Å². The largest absolute Gasteiger partial charge is 0.394 e. The second-order valence-electron chi connectivity index (χ2n) is 6.01. The van der Waals surface area contributed by atoms with Crippen molar-refractivity contribution in [2.75, 3.05) is 6.61 Å². The number of hydrogen-bond acceptors (Lipinski definition) is 6. The van der Waals surface area contributed by atoms with E-state index in [1.165, 1.54) is 6.08 Å². The Morgan fingerprint density at radius 1 is 1.04 bits per heavy atom. The predicted octanol–water partition coefficient (Wildman–Crippen LogP) is 0.201. The minimum absolute atomic E-state index is 0.224. The Balaban J connectivity index is 2.74. The van der Waals surface area contributed by atoms with Crippen LogP contribution in [0.1, 0.15) is 23.1 Å². The standard InChI is InChI=1S/C18H28O6/c1-4-5-15(17(22)18(23)16(21)14(20)9-19)24-10-13-7-6-11(2)12(3)8-13/h4,6-8,14-23H,1,5,9-10H2,2-3H3. The number of aliphatic hydroxyl groups is 5. The molecule has 0 bridgehead atoms. The maximum Gasteiger partial charge on any atom is 0.111 e. The molecule has 6 heteroatoms. The number of hydrogen-bond donors (Lipinski definition) is 5. The molecule has 0 saturated heterocycles. The third-order valence-corrected chi connectivity index (χ3v) is 4.10. The molecule has 24 heavy (non-hydrogen) atoms. The van der Waals surface area contributed by atoms with Gasteiger partial charge >= 0.3 is 0 Å². The average molecular weight is 340 g/mol. The van der Waals surface area contributed by atoms with Gasteiger partial charge in [-0.15, -0.1) is 6.58 Å². The first kappa shape index (κ1) is 20.8. The quantitative estimate of drug-likeness (QED) is 0.389. The summed E-state index contributed by atoms with van der Waals surface area (Å²) in [6.07, 6.45) is -5.33. The summed E-state index contributed by atoms with van der Waals surface area (Å²) >= 11 is 0. The van der Waals surface area contributed by atoms with Gasteiger partial charge in [0.25, 0.3) is 0 Å². The lowest BCUT2D eigenvalue weighted by molar-refractivity contribution is -0.152. The first-order chi connectivity index (χ1) is 11.3. The van der Waals surface area contributed by atoms with E-state index in [2.05, 4.69) is 6.58 Å². The van der Waals surface area contributed by atoms with Gasteiger partial charge in [0.05, 0.1) is 19.3 Å². The zero-order valence-corrected chi connectivity index (χ0v) is 14.2. The van der Waals surface area contributed by atoms with E-state index in [9.17, 15) is 20.4 Å². The van der Waals surface area contributed by atoms with Crippen LogP contribution >= 0.6 is 0 Å². The van der Waals surface area contributed by atoms with Crippen LogP contribution in [-0.4, -0.2) is 62.7 Å². The van der Waals surface area contributed by atoms with Crippen LogP contribution in [-0.2, 0) is 11.3 Å². The first-order valence-electron chi connectivity index (χ1n) is 7.93. The van der Waals surface area contributed by atoms with E-state index >= 15 is 0 Å². The van der Waals surface area contributed by atoms with E-state index < -0.39 is 37.1 Å². The number of rotatable bonds is 10. The second kappa shape index (κ2) is 9.88. The fraction of sp³-hybridized carbons (Fsp3) is 0.556. The molecule has 1 aromatic carbocycles. The highest BCUT2D eigenvalue weighted by molar-refractivity contribution is 5.29. The van der Waals surface area contributed by atoms with Crippen LogP contribution in [0.15, 0.2) is 30.9 Å². The third kappa shape index (κ3) is 5.66. The predicted molar refractivity (Wildman–Crippen MR) is 90.4 cm³/mol. The number of benzene rings is 1. The topological polar surface area (TPSA) is 110 Å². The van der Waals surface area contributed by atoms with Crippen LogP contribution in [0.25, 0.3) is 0 Å². The molecule has 0 saturated carbocycles. The Bertz CT molecular complexity index is 518. The Kier molecular flexibility index (Phi) is 8.55. The maximum absolute atomic E-state index is 10.2. The lowest BCUT2D eigenvalue weighted by Gasteiger charge is -2.30. The van der Waals surface area contributed by atoms with Crippen molar-refractivity contribution in [1.29, 1.82) is 0 Å². The van der Waals surface area contributed by atoms with Gasteiger partial charge in [0, 0.05) is 0 Å². The fourth-order valence-electron chi connectivity index (χ4n) is 2.32. The zero-order valence-electron chi connectivity index (χ0n) is 14.2. The van der Waals surface area contributed by atoms with Crippen molar-refractivity contribution in [2.45, 2.75) is 57.4 Å². The molecule has 0 heterocycles. The minimum Gasteiger partial charge on any atom is -0.394 e. The zero-order chi connectivity index (χ0) is 18.3. The molecule has 0 amide bonds. The van der Waals surface area contributed by atoms with Crippen molar-refractivity contribution in [1.82, 2.24) is 0 Å². The SMILES string of the molecule is C=CCC(OCc1ccc(C)c(C)c1)C(O)C(O)C(O)C(O)CO. The Hall–Kier alpha value is -1.28. The summed E-state index contributed by atoms with van der Waals surface area (Å²) in [4.78, 5) is 0. The van der Waals surface area contributed by atoms with Crippen molar-refractivity contribution in [3.05, 3.63) is 47.5 Å². The summed E-state index contributed by atoms with van der Waals surface area (Å²) in [5.41, 5.74) is 3.21. The second-order valence-corrected chi connectivity index (χ2v) is 6.01. The molecular formula is C18H28O6. The number of aliphatic hydroxyl groups excluding tert-OH is 5. The molecule has 5 atom stereocenters. The summed E-state index contributed by atoms with van der Waals surface area (Å²) < 4.78 is 5.67. The van der Waals surface area contributed by atoms with Gasteiger partial charge in [0.15, 0.2) is 0 Å². The van der Waals surface area contributed by atoms with Crippen molar-refractivity contribution in [3.8, 4) is 0 Å².